The van der Waals surface area contributed by atoms with Crippen LogP contribution in [-0.4, -0.2) is 18.6 Å². The number of hydrogen-bond donors (Lipinski definition) is 0. The molecule has 0 radical (unpaired) electrons. The van der Waals surface area contributed by atoms with Crippen molar-refractivity contribution >= 4 is 23.2 Å². The zero-order valence-electron chi connectivity index (χ0n) is 9.16. The molecule has 1 heterocycles. The monoisotopic (exact) mass is 258 g/mol. The second kappa shape index (κ2) is 5.90. The van der Waals surface area contributed by atoms with Crippen LogP contribution in [0.5, 0.6) is 0 Å². The van der Waals surface area contributed by atoms with Crippen molar-refractivity contribution in [2.24, 2.45) is 5.92 Å². The van der Waals surface area contributed by atoms with Gasteiger partial charge in [0.1, 0.15) is 0 Å². The van der Waals surface area contributed by atoms with Crippen molar-refractivity contribution in [1.29, 1.82) is 0 Å². The summed E-state index contributed by atoms with van der Waals surface area (Å²) < 4.78 is 5.45. The van der Waals surface area contributed by atoms with E-state index in [1.807, 2.05) is 24.3 Å². The van der Waals surface area contributed by atoms with E-state index in [-0.39, 0.29) is 5.38 Å². The molecule has 1 fully saturated rings. The van der Waals surface area contributed by atoms with Crippen LogP contribution < -0.4 is 0 Å². The van der Waals surface area contributed by atoms with Gasteiger partial charge in [0.05, 0.1) is 6.61 Å². The first-order chi connectivity index (χ1) is 7.77. The zero-order valence-corrected chi connectivity index (χ0v) is 10.7. The van der Waals surface area contributed by atoms with Gasteiger partial charge >= 0.3 is 0 Å². The van der Waals surface area contributed by atoms with E-state index >= 15 is 0 Å². The van der Waals surface area contributed by atoms with Crippen LogP contribution in [0.2, 0.25) is 5.02 Å². The lowest BCUT2D eigenvalue weighted by Crippen LogP contribution is -2.27. The predicted molar refractivity (Wildman–Crippen MR) is 68.3 cm³/mol. The molecule has 1 aliphatic rings. The van der Waals surface area contributed by atoms with Crippen molar-refractivity contribution < 1.29 is 4.74 Å². The molecule has 0 amide bonds. The highest BCUT2D eigenvalue weighted by Crippen LogP contribution is 2.26. The van der Waals surface area contributed by atoms with Crippen LogP contribution in [0.3, 0.4) is 0 Å². The lowest BCUT2D eigenvalue weighted by Gasteiger charge is -2.26. The van der Waals surface area contributed by atoms with Gasteiger partial charge < -0.3 is 4.74 Å². The first kappa shape index (κ1) is 12.2. The van der Waals surface area contributed by atoms with Gasteiger partial charge in [-0.15, -0.1) is 11.6 Å². The normalized spacial score (nSPS) is 23.0. The summed E-state index contributed by atoms with van der Waals surface area (Å²) in [4.78, 5) is 0. The molecule has 1 saturated heterocycles. The van der Waals surface area contributed by atoms with E-state index in [0.717, 1.165) is 36.6 Å². The van der Waals surface area contributed by atoms with E-state index in [0.29, 0.717) is 5.92 Å². The molecule has 1 aromatic carbocycles. The summed E-state index contributed by atoms with van der Waals surface area (Å²) in [5.74, 6) is 0.465. The summed E-state index contributed by atoms with van der Waals surface area (Å²) in [5, 5.41) is 0.935. The van der Waals surface area contributed by atoms with Crippen molar-refractivity contribution in [3.8, 4) is 0 Å². The van der Waals surface area contributed by atoms with E-state index < -0.39 is 0 Å². The first-order valence-electron chi connectivity index (χ1n) is 5.72. The van der Waals surface area contributed by atoms with Crippen molar-refractivity contribution in [1.82, 2.24) is 0 Å². The average molecular weight is 259 g/mol. The number of ether oxygens (including phenoxy) is 1. The van der Waals surface area contributed by atoms with Crippen molar-refractivity contribution in [2.45, 2.75) is 24.6 Å². The van der Waals surface area contributed by atoms with E-state index in [9.17, 15) is 0 Å². The molecule has 0 bridgehead atoms. The van der Waals surface area contributed by atoms with E-state index in [1.165, 1.54) is 6.42 Å². The van der Waals surface area contributed by atoms with Crippen LogP contribution in [0.4, 0.5) is 0 Å². The van der Waals surface area contributed by atoms with E-state index in [4.69, 9.17) is 27.9 Å². The molecule has 0 saturated carbocycles. The van der Waals surface area contributed by atoms with E-state index in [1.54, 1.807) is 0 Å². The van der Waals surface area contributed by atoms with Gasteiger partial charge in [0.2, 0.25) is 0 Å². The molecule has 0 N–H and O–H groups in total. The summed E-state index contributed by atoms with van der Waals surface area (Å²) >= 11 is 12.5. The van der Waals surface area contributed by atoms with Crippen LogP contribution in [-0.2, 0) is 11.2 Å². The van der Waals surface area contributed by atoms with E-state index in [2.05, 4.69) is 0 Å². The predicted octanol–water partition coefficient (Wildman–Crippen LogP) is 3.92. The van der Waals surface area contributed by atoms with Crippen molar-refractivity contribution in [2.75, 3.05) is 13.2 Å². The van der Waals surface area contributed by atoms with Gasteiger partial charge in [0.25, 0.3) is 0 Å². The van der Waals surface area contributed by atoms with Gasteiger partial charge in [-0.2, -0.15) is 0 Å². The molecule has 1 nitrogen and oxygen atoms in total. The summed E-state index contributed by atoms with van der Waals surface area (Å²) in [6.07, 6.45) is 3.12. The van der Waals surface area contributed by atoms with Gasteiger partial charge in [-0.3, -0.25) is 0 Å². The highest BCUT2D eigenvalue weighted by atomic mass is 35.5. The summed E-state index contributed by atoms with van der Waals surface area (Å²) in [6, 6.07) is 7.90. The lowest BCUT2D eigenvalue weighted by molar-refractivity contribution is 0.0533. The highest BCUT2D eigenvalue weighted by molar-refractivity contribution is 6.31. The van der Waals surface area contributed by atoms with Crippen LogP contribution in [0, 0.1) is 5.92 Å². The Morgan fingerprint density at radius 1 is 1.38 bits per heavy atom. The standard InChI is InChI=1S/C13H16Cl2O/c14-12-6-2-1-4-10(12)8-13(15)11-5-3-7-16-9-11/h1-2,4,6,11,13H,3,5,7-9H2. The molecule has 0 aromatic heterocycles. The quantitative estimate of drug-likeness (QED) is 0.747. The second-order valence-corrected chi connectivity index (χ2v) is 5.26. The largest absolute Gasteiger partial charge is 0.381 e. The molecule has 1 aliphatic heterocycles. The van der Waals surface area contributed by atoms with Gasteiger partial charge in [-0.05, 0) is 36.8 Å². The number of benzene rings is 1. The number of rotatable bonds is 3. The molecule has 88 valence electrons. The van der Waals surface area contributed by atoms with Gasteiger partial charge in [0.15, 0.2) is 0 Å². The molecule has 1 aromatic rings. The Hall–Kier alpha value is -0.240. The Balaban J connectivity index is 1.96. The molecule has 2 rings (SSSR count). The van der Waals surface area contributed by atoms with Gasteiger partial charge in [-0.1, -0.05) is 29.8 Å². The molecular formula is C13H16Cl2O. The summed E-state index contributed by atoms with van der Waals surface area (Å²) in [6.45, 7) is 1.67. The summed E-state index contributed by atoms with van der Waals surface area (Å²) in [7, 11) is 0. The van der Waals surface area contributed by atoms with Crippen LogP contribution in [0.15, 0.2) is 24.3 Å². The molecule has 0 spiro atoms. The molecule has 0 aliphatic carbocycles. The topological polar surface area (TPSA) is 9.23 Å². The third-order valence-corrected chi connectivity index (χ3v) is 3.96. The third-order valence-electron chi connectivity index (χ3n) is 3.08. The Morgan fingerprint density at radius 3 is 2.88 bits per heavy atom. The Kier molecular flexibility index (Phi) is 4.51. The molecule has 3 heteroatoms. The Morgan fingerprint density at radius 2 is 2.19 bits per heavy atom. The zero-order chi connectivity index (χ0) is 11.4. The van der Waals surface area contributed by atoms with Crippen molar-refractivity contribution in [3.63, 3.8) is 0 Å². The van der Waals surface area contributed by atoms with Gasteiger partial charge in [0, 0.05) is 17.0 Å². The highest BCUT2D eigenvalue weighted by Gasteiger charge is 2.23. The number of hydrogen-bond acceptors (Lipinski definition) is 1. The smallest absolute Gasteiger partial charge is 0.0508 e. The molecule has 2 unspecified atom stereocenters. The number of alkyl halides is 1. The fourth-order valence-corrected chi connectivity index (χ4v) is 2.67. The lowest BCUT2D eigenvalue weighted by atomic mass is 9.94. The number of halogens is 2. The average Bonchev–Trinajstić information content (AvgIpc) is 2.33. The van der Waals surface area contributed by atoms with Gasteiger partial charge in [-0.25, -0.2) is 0 Å². The fourth-order valence-electron chi connectivity index (χ4n) is 2.09. The van der Waals surface area contributed by atoms with Crippen molar-refractivity contribution in [3.05, 3.63) is 34.9 Å². The maximum Gasteiger partial charge on any atom is 0.0508 e. The Labute approximate surface area is 107 Å². The second-order valence-electron chi connectivity index (χ2n) is 4.29. The summed E-state index contributed by atoms with van der Waals surface area (Å²) in [5.41, 5.74) is 1.13. The maximum absolute atomic E-state index is 6.43. The molecule has 2 atom stereocenters. The molecular weight excluding hydrogens is 243 g/mol. The first-order valence-corrected chi connectivity index (χ1v) is 6.54. The Bertz CT molecular complexity index is 334. The minimum atomic E-state index is 0.125. The maximum atomic E-state index is 6.43. The van der Waals surface area contributed by atoms with Crippen LogP contribution >= 0.6 is 23.2 Å². The SMILES string of the molecule is Clc1ccccc1CC(Cl)C1CCCOC1. The van der Waals surface area contributed by atoms with Crippen LogP contribution in [0.25, 0.3) is 0 Å². The fraction of sp³-hybridized carbons (Fsp3) is 0.538. The minimum Gasteiger partial charge on any atom is -0.381 e. The third kappa shape index (κ3) is 3.13. The van der Waals surface area contributed by atoms with Crippen LogP contribution in [0.1, 0.15) is 18.4 Å². The minimum absolute atomic E-state index is 0.125. The molecule has 16 heavy (non-hydrogen) atoms.